The number of carbonyl (C=O) groups excluding carboxylic acids is 1. The van der Waals surface area contributed by atoms with Crippen LogP contribution in [0.1, 0.15) is 19.8 Å². The van der Waals surface area contributed by atoms with E-state index in [4.69, 9.17) is 5.11 Å². The van der Waals surface area contributed by atoms with Crippen LogP contribution in [-0.4, -0.2) is 42.1 Å². The first kappa shape index (κ1) is 13.5. The third kappa shape index (κ3) is 6.54. The number of nitrogens with zero attached hydrogens (tertiary/aromatic N) is 1. The zero-order valence-electron chi connectivity index (χ0n) is 9.19. The first-order valence-electron chi connectivity index (χ1n) is 4.95. The zero-order valence-corrected chi connectivity index (χ0v) is 9.19. The zero-order chi connectivity index (χ0) is 11.7. The Kier molecular flexibility index (Phi) is 7.05. The highest BCUT2D eigenvalue weighted by Gasteiger charge is 2.12. The molecule has 0 heterocycles. The van der Waals surface area contributed by atoms with Crippen LogP contribution in [0.25, 0.3) is 0 Å². The summed E-state index contributed by atoms with van der Waals surface area (Å²) in [6, 6.07) is 0. The van der Waals surface area contributed by atoms with E-state index in [0.29, 0.717) is 0 Å². The van der Waals surface area contributed by atoms with Gasteiger partial charge in [0.25, 0.3) is 0 Å². The van der Waals surface area contributed by atoms with Gasteiger partial charge in [-0.1, -0.05) is 25.5 Å². The van der Waals surface area contributed by atoms with Crippen LogP contribution in [0, 0.1) is 0 Å². The Bertz CT molecular complexity index is 239. The topological polar surface area (TPSA) is 69.6 Å². The van der Waals surface area contributed by atoms with E-state index >= 15 is 0 Å². The highest BCUT2D eigenvalue weighted by atomic mass is 16.4. The summed E-state index contributed by atoms with van der Waals surface area (Å²) in [5.41, 5.74) is 0. The lowest BCUT2D eigenvalue weighted by Crippen LogP contribution is -2.38. The highest BCUT2D eigenvalue weighted by Crippen LogP contribution is 1.93. The summed E-state index contributed by atoms with van der Waals surface area (Å²) in [6.45, 7) is 2.18. The number of hydrogen-bond donors (Lipinski definition) is 2. The van der Waals surface area contributed by atoms with Crippen molar-refractivity contribution < 1.29 is 14.7 Å². The second-order valence-electron chi connectivity index (χ2n) is 3.10. The molecule has 0 atom stereocenters. The number of nitrogens with one attached hydrogen (secondary N) is 1. The van der Waals surface area contributed by atoms with E-state index in [1.54, 1.807) is 6.08 Å². The van der Waals surface area contributed by atoms with E-state index in [1.165, 1.54) is 7.05 Å². The normalized spacial score (nSPS) is 10.3. The molecule has 2 amide bonds. The molecule has 0 rings (SSSR count). The summed E-state index contributed by atoms with van der Waals surface area (Å²) < 4.78 is 0. The Morgan fingerprint density at radius 3 is 2.53 bits per heavy atom. The molecule has 0 fully saturated rings. The van der Waals surface area contributed by atoms with Gasteiger partial charge in [-0.25, -0.2) is 4.79 Å². The average molecular weight is 214 g/mol. The summed E-state index contributed by atoms with van der Waals surface area (Å²) >= 11 is 0. The molecule has 0 aliphatic carbocycles. The van der Waals surface area contributed by atoms with Crippen LogP contribution in [0.4, 0.5) is 4.79 Å². The van der Waals surface area contributed by atoms with Gasteiger partial charge in [0, 0.05) is 13.6 Å². The molecule has 5 heteroatoms. The van der Waals surface area contributed by atoms with Crippen molar-refractivity contribution in [2.24, 2.45) is 0 Å². The van der Waals surface area contributed by atoms with Crippen LogP contribution in [0.5, 0.6) is 0 Å². The molecule has 0 radical (unpaired) electrons. The standard InChI is InChI=1S/C10H18N2O3/c1-3-4-5-6-7-12(10(14)15)8-9(13)11-2/h5-6H,3-4,7-8H2,1-2H3,(H,11,13)(H,14,15)/b6-5+. The van der Waals surface area contributed by atoms with Crippen molar-refractivity contribution in [1.29, 1.82) is 0 Å². The van der Waals surface area contributed by atoms with Gasteiger partial charge in [-0.3, -0.25) is 9.69 Å². The summed E-state index contributed by atoms with van der Waals surface area (Å²) in [5, 5.41) is 11.2. The molecule has 0 unspecified atom stereocenters. The van der Waals surface area contributed by atoms with Crippen molar-refractivity contribution in [2.45, 2.75) is 19.8 Å². The number of unbranched alkanes of at least 4 members (excludes halogenated alkanes) is 1. The van der Waals surface area contributed by atoms with Crippen LogP contribution in [0.15, 0.2) is 12.2 Å². The van der Waals surface area contributed by atoms with Gasteiger partial charge in [0.05, 0.1) is 0 Å². The maximum absolute atomic E-state index is 11.0. The van der Waals surface area contributed by atoms with Crippen molar-refractivity contribution in [3.8, 4) is 0 Å². The molecule has 0 aromatic heterocycles. The first-order valence-corrected chi connectivity index (χ1v) is 4.95. The van der Waals surface area contributed by atoms with Crippen LogP contribution in [-0.2, 0) is 4.79 Å². The largest absolute Gasteiger partial charge is 0.465 e. The van der Waals surface area contributed by atoms with Gasteiger partial charge in [-0.05, 0) is 6.42 Å². The predicted octanol–water partition coefficient (Wildman–Crippen LogP) is 1.07. The molecule has 0 aliphatic heterocycles. The van der Waals surface area contributed by atoms with Gasteiger partial charge in [-0.15, -0.1) is 0 Å². The molecule has 0 spiro atoms. The molecular formula is C10H18N2O3. The molecule has 15 heavy (non-hydrogen) atoms. The average Bonchev–Trinajstić information content (AvgIpc) is 2.21. The van der Waals surface area contributed by atoms with Crippen LogP contribution in [0.3, 0.4) is 0 Å². The van der Waals surface area contributed by atoms with Crippen LogP contribution >= 0.6 is 0 Å². The maximum Gasteiger partial charge on any atom is 0.408 e. The van der Waals surface area contributed by atoms with Crippen molar-refractivity contribution in [3.05, 3.63) is 12.2 Å². The fraction of sp³-hybridized carbons (Fsp3) is 0.600. The number of allylic oxidation sites excluding steroid dienone is 1. The molecule has 0 aliphatic rings. The quantitative estimate of drug-likeness (QED) is 0.650. The number of hydrogen-bond acceptors (Lipinski definition) is 2. The number of likely N-dealkylation sites (N-methyl/N-ethyl adjacent to an activating group) is 1. The summed E-state index contributed by atoms with van der Waals surface area (Å²) in [6.07, 6.45) is 4.55. The van der Waals surface area contributed by atoms with Gasteiger partial charge < -0.3 is 10.4 Å². The number of carboxylic acid groups (broad SMARTS) is 1. The van der Waals surface area contributed by atoms with Gasteiger partial charge in [-0.2, -0.15) is 0 Å². The lowest BCUT2D eigenvalue weighted by Gasteiger charge is -2.15. The molecule has 0 aromatic carbocycles. The summed E-state index contributed by atoms with van der Waals surface area (Å²) in [7, 11) is 1.48. The predicted molar refractivity (Wildman–Crippen MR) is 57.7 cm³/mol. The van der Waals surface area contributed by atoms with Gasteiger partial charge >= 0.3 is 6.09 Å². The fourth-order valence-corrected chi connectivity index (χ4v) is 0.949. The van der Waals surface area contributed by atoms with E-state index < -0.39 is 6.09 Å². The number of carbonyl (C=O) groups is 2. The smallest absolute Gasteiger partial charge is 0.408 e. The minimum atomic E-state index is -1.08. The lowest BCUT2D eigenvalue weighted by molar-refractivity contribution is -0.121. The SMILES string of the molecule is CCC/C=C/CN(CC(=O)NC)C(=O)O. The van der Waals surface area contributed by atoms with E-state index in [9.17, 15) is 9.59 Å². The van der Waals surface area contributed by atoms with Gasteiger partial charge in [0.15, 0.2) is 0 Å². The Morgan fingerprint density at radius 2 is 2.07 bits per heavy atom. The van der Waals surface area contributed by atoms with Gasteiger partial charge in [0.1, 0.15) is 6.54 Å². The second-order valence-corrected chi connectivity index (χ2v) is 3.10. The van der Waals surface area contributed by atoms with Crippen LogP contribution < -0.4 is 5.32 Å². The molecule has 0 saturated heterocycles. The first-order chi connectivity index (χ1) is 7.11. The molecule has 0 aromatic rings. The maximum atomic E-state index is 11.0. The van der Waals surface area contributed by atoms with E-state index in [1.807, 2.05) is 13.0 Å². The van der Waals surface area contributed by atoms with E-state index in [-0.39, 0.29) is 19.0 Å². The minimum absolute atomic E-state index is 0.123. The van der Waals surface area contributed by atoms with Crippen LogP contribution in [0.2, 0.25) is 0 Å². The third-order valence-electron chi connectivity index (χ3n) is 1.83. The summed E-state index contributed by atoms with van der Waals surface area (Å²) in [4.78, 5) is 22.8. The van der Waals surface area contributed by atoms with E-state index in [2.05, 4.69) is 5.32 Å². The third-order valence-corrected chi connectivity index (χ3v) is 1.83. The number of rotatable bonds is 6. The van der Waals surface area contributed by atoms with Crippen molar-refractivity contribution in [3.63, 3.8) is 0 Å². The monoisotopic (exact) mass is 214 g/mol. The Morgan fingerprint density at radius 1 is 1.40 bits per heavy atom. The molecule has 86 valence electrons. The lowest BCUT2D eigenvalue weighted by atomic mass is 10.3. The second kappa shape index (κ2) is 7.84. The Labute approximate surface area is 89.8 Å². The Hall–Kier alpha value is -1.52. The molecular weight excluding hydrogens is 196 g/mol. The molecule has 5 nitrogen and oxygen atoms in total. The van der Waals surface area contributed by atoms with Crippen molar-refractivity contribution in [2.75, 3.05) is 20.1 Å². The van der Waals surface area contributed by atoms with Crippen molar-refractivity contribution >= 4 is 12.0 Å². The van der Waals surface area contributed by atoms with Crippen molar-refractivity contribution in [1.82, 2.24) is 10.2 Å². The highest BCUT2D eigenvalue weighted by molar-refractivity contribution is 5.81. The van der Waals surface area contributed by atoms with E-state index in [0.717, 1.165) is 17.7 Å². The minimum Gasteiger partial charge on any atom is -0.465 e. The Balaban J connectivity index is 4.05. The molecule has 0 saturated carbocycles. The molecule has 0 bridgehead atoms. The summed E-state index contributed by atoms with van der Waals surface area (Å²) in [5.74, 6) is -0.304. The fourth-order valence-electron chi connectivity index (χ4n) is 0.949. The molecule has 2 N–H and O–H groups in total. The van der Waals surface area contributed by atoms with Gasteiger partial charge in [0.2, 0.25) is 5.91 Å². The number of amides is 2.